The highest BCUT2D eigenvalue weighted by molar-refractivity contribution is 6.04. The minimum atomic E-state index is -0.0486. The zero-order valence-corrected chi connectivity index (χ0v) is 13.5. The monoisotopic (exact) mass is 327 g/mol. The second kappa shape index (κ2) is 5.73. The summed E-state index contributed by atoms with van der Waals surface area (Å²) in [7, 11) is 0. The molecule has 0 bridgehead atoms. The number of benzene rings is 1. The molecule has 0 saturated carbocycles. The van der Waals surface area contributed by atoms with E-state index >= 15 is 0 Å². The fourth-order valence-corrected chi connectivity index (χ4v) is 2.72. The van der Waals surface area contributed by atoms with Crippen molar-refractivity contribution in [1.29, 1.82) is 0 Å². The van der Waals surface area contributed by atoms with Crippen molar-refractivity contribution in [2.45, 2.75) is 20.8 Å². The number of amidine groups is 1. The van der Waals surface area contributed by atoms with Crippen molar-refractivity contribution in [3.63, 3.8) is 0 Å². The van der Waals surface area contributed by atoms with Gasteiger partial charge in [0.15, 0.2) is 5.84 Å². The van der Waals surface area contributed by atoms with E-state index in [0.29, 0.717) is 34.1 Å². The largest absolute Gasteiger partial charge is 0.508 e. The molecule has 0 spiro atoms. The van der Waals surface area contributed by atoms with Crippen LogP contribution >= 0.6 is 0 Å². The Morgan fingerprint density at radius 3 is 2.38 bits per heavy atom. The Kier molecular flexibility index (Phi) is 3.72. The van der Waals surface area contributed by atoms with Crippen molar-refractivity contribution < 1.29 is 14.8 Å². The lowest BCUT2D eigenvalue weighted by Crippen LogP contribution is -2.15. The summed E-state index contributed by atoms with van der Waals surface area (Å²) in [6, 6.07) is 6.57. The third kappa shape index (κ3) is 2.37. The first-order valence-electron chi connectivity index (χ1n) is 7.24. The number of phenols is 1. The molecule has 0 fully saturated rings. The van der Waals surface area contributed by atoms with Gasteiger partial charge < -0.3 is 20.6 Å². The van der Waals surface area contributed by atoms with Crippen molar-refractivity contribution in [1.82, 2.24) is 14.9 Å². The Bertz CT molecular complexity index is 903. The van der Waals surface area contributed by atoms with Gasteiger partial charge in [0, 0.05) is 0 Å². The van der Waals surface area contributed by atoms with Gasteiger partial charge >= 0.3 is 0 Å². The third-order valence-electron chi connectivity index (χ3n) is 3.79. The van der Waals surface area contributed by atoms with Crippen molar-refractivity contribution >= 4 is 5.84 Å². The van der Waals surface area contributed by atoms with E-state index in [1.807, 2.05) is 6.92 Å². The van der Waals surface area contributed by atoms with Gasteiger partial charge in [-0.05, 0) is 45.0 Å². The van der Waals surface area contributed by atoms with Crippen LogP contribution in [-0.2, 0) is 0 Å². The van der Waals surface area contributed by atoms with Crippen molar-refractivity contribution in [3.8, 4) is 22.7 Å². The van der Waals surface area contributed by atoms with E-state index < -0.39 is 0 Å². The zero-order chi connectivity index (χ0) is 17.4. The fourth-order valence-electron chi connectivity index (χ4n) is 2.72. The van der Waals surface area contributed by atoms with E-state index in [9.17, 15) is 5.11 Å². The van der Waals surface area contributed by atoms with Crippen molar-refractivity contribution in [2.24, 2.45) is 10.9 Å². The number of nitrogens with zero attached hydrogens (tertiary/aromatic N) is 4. The molecule has 0 radical (unpaired) electrons. The molecule has 3 aromatic rings. The van der Waals surface area contributed by atoms with Crippen LogP contribution in [0.2, 0.25) is 0 Å². The SMILES string of the molecule is Cc1nn(-c2ccc(O)cc2)c(-c2c(C)noc2C)c1C(N)=NO. The number of hydrogen-bond acceptors (Lipinski definition) is 6. The van der Waals surface area contributed by atoms with Crippen LogP contribution in [0.1, 0.15) is 22.7 Å². The summed E-state index contributed by atoms with van der Waals surface area (Å²) in [6.07, 6.45) is 0. The average Bonchev–Trinajstić information content (AvgIpc) is 3.06. The highest BCUT2D eigenvalue weighted by Crippen LogP contribution is 2.33. The fraction of sp³-hybridized carbons (Fsp3) is 0.188. The molecular weight excluding hydrogens is 310 g/mol. The van der Waals surface area contributed by atoms with Crippen LogP contribution < -0.4 is 5.73 Å². The maximum absolute atomic E-state index is 9.50. The minimum Gasteiger partial charge on any atom is -0.508 e. The van der Waals surface area contributed by atoms with Crippen LogP contribution in [0.5, 0.6) is 5.75 Å². The number of aromatic nitrogens is 3. The molecule has 0 aliphatic rings. The summed E-state index contributed by atoms with van der Waals surface area (Å²) < 4.78 is 6.92. The Hall–Kier alpha value is -3.29. The summed E-state index contributed by atoms with van der Waals surface area (Å²) >= 11 is 0. The molecule has 8 heteroatoms. The lowest BCUT2D eigenvalue weighted by atomic mass is 10.0. The van der Waals surface area contributed by atoms with Gasteiger partial charge in [-0.3, -0.25) is 0 Å². The quantitative estimate of drug-likeness (QED) is 0.293. The average molecular weight is 327 g/mol. The molecule has 2 aromatic heterocycles. The van der Waals surface area contributed by atoms with Gasteiger partial charge in [0.05, 0.1) is 33.9 Å². The van der Waals surface area contributed by atoms with Gasteiger partial charge in [-0.2, -0.15) is 5.10 Å². The molecule has 8 nitrogen and oxygen atoms in total. The predicted octanol–water partition coefficient (Wildman–Crippen LogP) is 2.25. The Labute approximate surface area is 137 Å². The van der Waals surface area contributed by atoms with E-state index in [1.165, 1.54) is 0 Å². The van der Waals surface area contributed by atoms with Crippen LogP contribution in [0.15, 0.2) is 33.9 Å². The molecule has 3 rings (SSSR count). The van der Waals surface area contributed by atoms with Crippen LogP contribution in [0.4, 0.5) is 0 Å². The van der Waals surface area contributed by atoms with Gasteiger partial charge in [0.25, 0.3) is 0 Å². The number of hydrogen-bond donors (Lipinski definition) is 3. The molecule has 1 aromatic carbocycles. The normalized spacial score (nSPS) is 11.9. The lowest BCUT2D eigenvalue weighted by molar-refractivity contribution is 0.318. The summed E-state index contributed by atoms with van der Waals surface area (Å²) in [6.45, 7) is 5.37. The highest BCUT2D eigenvalue weighted by atomic mass is 16.5. The molecule has 0 atom stereocenters. The molecule has 24 heavy (non-hydrogen) atoms. The molecule has 0 aliphatic carbocycles. The summed E-state index contributed by atoms with van der Waals surface area (Å²) in [5.41, 5.74) is 9.68. The van der Waals surface area contributed by atoms with Crippen LogP contribution in [0.3, 0.4) is 0 Å². The summed E-state index contributed by atoms with van der Waals surface area (Å²) in [4.78, 5) is 0. The minimum absolute atomic E-state index is 0.0486. The van der Waals surface area contributed by atoms with Gasteiger partial charge in [0.1, 0.15) is 11.5 Å². The first-order valence-corrected chi connectivity index (χ1v) is 7.24. The van der Waals surface area contributed by atoms with Gasteiger partial charge in [-0.15, -0.1) is 0 Å². The molecule has 0 unspecified atom stereocenters. The Morgan fingerprint density at radius 2 is 1.83 bits per heavy atom. The number of nitrogens with two attached hydrogens (primary N) is 1. The smallest absolute Gasteiger partial charge is 0.174 e. The third-order valence-corrected chi connectivity index (χ3v) is 3.79. The number of rotatable bonds is 3. The van der Waals surface area contributed by atoms with Crippen molar-refractivity contribution in [2.75, 3.05) is 0 Å². The maximum Gasteiger partial charge on any atom is 0.174 e. The molecule has 124 valence electrons. The summed E-state index contributed by atoms with van der Waals surface area (Å²) in [5, 5.41) is 30.3. The number of aryl methyl sites for hydroxylation is 3. The first-order chi connectivity index (χ1) is 11.4. The second-order valence-corrected chi connectivity index (χ2v) is 5.42. The second-order valence-electron chi connectivity index (χ2n) is 5.42. The van der Waals surface area contributed by atoms with Gasteiger partial charge in [-0.1, -0.05) is 10.3 Å². The summed E-state index contributed by atoms with van der Waals surface area (Å²) in [5.74, 6) is 0.699. The Morgan fingerprint density at radius 1 is 1.17 bits per heavy atom. The number of aromatic hydroxyl groups is 1. The van der Waals surface area contributed by atoms with E-state index in [4.69, 9.17) is 15.5 Å². The van der Waals surface area contributed by atoms with Crippen LogP contribution in [0, 0.1) is 20.8 Å². The molecule has 0 amide bonds. The van der Waals surface area contributed by atoms with Gasteiger partial charge in [0.2, 0.25) is 0 Å². The van der Waals surface area contributed by atoms with Crippen LogP contribution in [-0.4, -0.2) is 31.1 Å². The van der Waals surface area contributed by atoms with Crippen LogP contribution in [0.25, 0.3) is 16.9 Å². The highest BCUT2D eigenvalue weighted by Gasteiger charge is 2.26. The van der Waals surface area contributed by atoms with Gasteiger partial charge in [-0.25, -0.2) is 4.68 Å². The molecule has 0 aliphatic heterocycles. The maximum atomic E-state index is 9.50. The molecule has 0 saturated heterocycles. The molecular formula is C16H17N5O3. The molecule has 2 heterocycles. The van der Waals surface area contributed by atoms with E-state index in [0.717, 1.165) is 5.56 Å². The topological polar surface area (TPSA) is 123 Å². The first kappa shape index (κ1) is 15.6. The standard InChI is InChI=1S/C16H17N5O3/c1-8-14(16(17)19-23)15(13-9(2)20-24-10(13)3)21(18-8)11-4-6-12(22)7-5-11/h4-7,22-23H,1-3H3,(H2,17,19). The lowest BCUT2D eigenvalue weighted by Gasteiger charge is -2.09. The predicted molar refractivity (Wildman–Crippen MR) is 87.4 cm³/mol. The van der Waals surface area contributed by atoms with E-state index in [1.54, 1.807) is 42.8 Å². The Balaban J connectivity index is 2.37. The zero-order valence-electron chi connectivity index (χ0n) is 13.5. The molecule has 4 N–H and O–H groups in total. The van der Waals surface area contributed by atoms with E-state index in [2.05, 4.69) is 15.4 Å². The van der Waals surface area contributed by atoms with E-state index in [-0.39, 0.29) is 11.6 Å². The number of phenolic OH excluding ortho intramolecular Hbond substituents is 1. The number of oxime groups is 1. The van der Waals surface area contributed by atoms with Crippen molar-refractivity contribution in [3.05, 3.63) is 47.0 Å².